The Morgan fingerprint density at radius 3 is 2.73 bits per heavy atom. The number of thioether (sulfide) groups is 1. The van der Waals surface area contributed by atoms with Crippen molar-refractivity contribution in [1.29, 1.82) is 5.26 Å². The average Bonchev–Trinajstić information content (AvgIpc) is 3.53. The van der Waals surface area contributed by atoms with Gasteiger partial charge in [-0.05, 0) is 56.0 Å². The number of hydrogen-bond donors (Lipinski definition) is 2. The lowest BCUT2D eigenvalue weighted by molar-refractivity contribution is -0.113. The Hall–Kier alpha value is -3.12. The highest BCUT2D eigenvalue weighted by Crippen LogP contribution is 2.31. The Morgan fingerprint density at radius 2 is 2.03 bits per heavy atom. The highest BCUT2D eigenvalue weighted by atomic mass is 32.2. The number of aromatic amines is 1. The molecule has 2 N–H and O–H groups in total. The molecule has 1 aromatic carbocycles. The van der Waals surface area contributed by atoms with Gasteiger partial charge in [-0.25, -0.2) is 9.37 Å². The number of nitrogens with zero attached hydrogens (tertiary/aromatic N) is 4. The minimum atomic E-state index is -0.350. The molecule has 0 saturated heterocycles. The Kier molecular flexibility index (Phi) is 7.14. The van der Waals surface area contributed by atoms with E-state index in [0.29, 0.717) is 22.2 Å². The van der Waals surface area contributed by atoms with Crippen LogP contribution in [0.1, 0.15) is 54.7 Å². The number of anilines is 1. The summed E-state index contributed by atoms with van der Waals surface area (Å²) in [6, 6.07) is 8.12. The van der Waals surface area contributed by atoms with Crippen molar-refractivity contribution in [2.24, 2.45) is 5.92 Å². The molecule has 3 aromatic rings. The van der Waals surface area contributed by atoms with Gasteiger partial charge in [0.05, 0.1) is 11.3 Å². The fraction of sp³-hybridized carbons (Fsp3) is 0.417. The predicted molar refractivity (Wildman–Crippen MR) is 126 cm³/mol. The van der Waals surface area contributed by atoms with Crippen LogP contribution >= 0.6 is 11.8 Å². The molecule has 33 heavy (non-hydrogen) atoms. The summed E-state index contributed by atoms with van der Waals surface area (Å²) < 4.78 is 15.2. The van der Waals surface area contributed by atoms with Crippen molar-refractivity contribution in [3.05, 3.63) is 52.7 Å². The Labute approximate surface area is 196 Å². The monoisotopic (exact) mass is 466 g/mol. The summed E-state index contributed by atoms with van der Waals surface area (Å²) in [4.78, 5) is 17.2. The molecule has 2 aromatic heterocycles. The van der Waals surface area contributed by atoms with Gasteiger partial charge in [0.25, 0.3) is 0 Å². The number of H-pyrrole nitrogens is 1. The van der Waals surface area contributed by atoms with E-state index >= 15 is 0 Å². The smallest absolute Gasteiger partial charge is 0.236 e. The number of carbonyl (C=O) groups excluding carboxylic acids is 1. The molecule has 1 aliphatic carbocycles. The second-order valence-electron chi connectivity index (χ2n) is 8.45. The SMILES string of the molecule is Cc1c(C#N)c(NC(=O)CSc2n[nH]c(CCC3CCCC3)n2)n(-c2ccc(F)cc2)c1C. The van der Waals surface area contributed by atoms with Gasteiger partial charge in [-0.15, -0.1) is 5.10 Å². The average molecular weight is 467 g/mol. The summed E-state index contributed by atoms with van der Waals surface area (Å²) >= 11 is 1.25. The Morgan fingerprint density at radius 1 is 1.30 bits per heavy atom. The summed E-state index contributed by atoms with van der Waals surface area (Å²) in [5, 5.41) is 20.3. The second-order valence-corrected chi connectivity index (χ2v) is 9.39. The maximum Gasteiger partial charge on any atom is 0.236 e. The van der Waals surface area contributed by atoms with Crippen LogP contribution in [-0.2, 0) is 11.2 Å². The van der Waals surface area contributed by atoms with Crippen LogP contribution in [0, 0.1) is 36.9 Å². The Balaban J connectivity index is 1.42. The van der Waals surface area contributed by atoms with Crippen LogP contribution in [0.2, 0.25) is 0 Å². The van der Waals surface area contributed by atoms with Gasteiger partial charge >= 0.3 is 0 Å². The van der Waals surface area contributed by atoms with Gasteiger partial charge in [0.15, 0.2) is 0 Å². The third kappa shape index (κ3) is 5.28. The van der Waals surface area contributed by atoms with Crippen LogP contribution in [0.3, 0.4) is 0 Å². The van der Waals surface area contributed by atoms with Crippen LogP contribution in [0.4, 0.5) is 10.2 Å². The molecule has 4 rings (SSSR count). The molecule has 0 aliphatic heterocycles. The van der Waals surface area contributed by atoms with E-state index in [9.17, 15) is 14.4 Å². The van der Waals surface area contributed by atoms with Crippen LogP contribution in [0.5, 0.6) is 0 Å². The highest BCUT2D eigenvalue weighted by molar-refractivity contribution is 7.99. The molecular weight excluding hydrogens is 439 g/mol. The third-order valence-corrected chi connectivity index (χ3v) is 7.12. The molecule has 0 bridgehead atoms. The van der Waals surface area contributed by atoms with E-state index < -0.39 is 0 Å². The van der Waals surface area contributed by atoms with Crippen molar-refractivity contribution in [3.8, 4) is 11.8 Å². The Bertz CT molecular complexity index is 1170. The molecule has 7 nitrogen and oxygen atoms in total. The van der Waals surface area contributed by atoms with E-state index in [0.717, 1.165) is 35.8 Å². The lowest BCUT2D eigenvalue weighted by Crippen LogP contribution is -2.17. The molecule has 2 heterocycles. The number of carbonyl (C=O) groups is 1. The summed E-state index contributed by atoms with van der Waals surface area (Å²) in [6.45, 7) is 3.70. The first-order chi connectivity index (χ1) is 16.0. The molecule has 0 spiro atoms. The minimum absolute atomic E-state index is 0.109. The quantitative estimate of drug-likeness (QED) is 0.451. The minimum Gasteiger partial charge on any atom is -0.310 e. The molecule has 1 aliphatic rings. The zero-order chi connectivity index (χ0) is 23.4. The van der Waals surface area contributed by atoms with E-state index in [1.165, 1.54) is 49.6 Å². The first-order valence-corrected chi connectivity index (χ1v) is 12.2. The van der Waals surface area contributed by atoms with E-state index in [1.54, 1.807) is 16.7 Å². The van der Waals surface area contributed by atoms with E-state index in [1.807, 2.05) is 13.8 Å². The molecule has 172 valence electrons. The van der Waals surface area contributed by atoms with Crippen LogP contribution < -0.4 is 5.32 Å². The standard InChI is InChI=1S/C24H27FN6OS/c1-15-16(2)31(19-10-8-18(25)9-11-19)23(20(15)13-26)28-22(32)14-33-24-27-21(29-30-24)12-7-17-5-3-4-6-17/h8-11,17H,3-7,12,14H2,1-2H3,(H,28,32)(H,27,29,30). The molecular formula is C24H27FN6OS. The summed E-state index contributed by atoms with van der Waals surface area (Å²) in [6.07, 6.45) is 7.26. The van der Waals surface area contributed by atoms with E-state index in [2.05, 4.69) is 26.6 Å². The zero-order valence-corrected chi connectivity index (χ0v) is 19.6. The number of nitriles is 1. The summed E-state index contributed by atoms with van der Waals surface area (Å²) in [7, 11) is 0. The van der Waals surface area contributed by atoms with E-state index in [4.69, 9.17) is 0 Å². The van der Waals surface area contributed by atoms with Gasteiger partial charge < -0.3 is 5.32 Å². The van der Waals surface area contributed by atoms with Gasteiger partial charge in [-0.3, -0.25) is 14.5 Å². The fourth-order valence-electron chi connectivity index (χ4n) is 4.37. The van der Waals surface area contributed by atoms with Gasteiger partial charge in [0, 0.05) is 17.8 Å². The maximum absolute atomic E-state index is 13.4. The van der Waals surface area contributed by atoms with Gasteiger partial charge in [0.1, 0.15) is 23.5 Å². The van der Waals surface area contributed by atoms with Crippen LogP contribution in [-0.4, -0.2) is 31.4 Å². The summed E-state index contributed by atoms with van der Waals surface area (Å²) in [5.74, 6) is 1.52. The number of halogens is 1. The summed E-state index contributed by atoms with van der Waals surface area (Å²) in [5.41, 5.74) is 2.64. The maximum atomic E-state index is 13.4. The normalized spacial score (nSPS) is 13.9. The van der Waals surface area contributed by atoms with E-state index in [-0.39, 0.29) is 17.5 Å². The largest absolute Gasteiger partial charge is 0.310 e. The molecule has 1 fully saturated rings. The number of hydrogen-bond acceptors (Lipinski definition) is 5. The van der Waals surface area contributed by atoms with Crippen molar-refractivity contribution < 1.29 is 9.18 Å². The molecule has 0 atom stereocenters. The number of rotatable bonds is 8. The predicted octanol–water partition coefficient (Wildman–Crippen LogP) is 5.08. The van der Waals surface area contributed by atoms with Crippen molar-refractivity contribution in [2.45, 2.75) is 57.5 Å². The number of aromatic nitrogens is 4. The number of nitrogens with one attached hydrogen (secondary N) is 2. The van der Waals surface area contributed by atoms with Gasteiger partial charge in [0.2, 0.25) is 11.1 Å². The number of benzene rings is 1. The lowest BCUT2D eigenvalue weighted by atomic mass is 10.0. The lowest BCUT2D eigenvalue weighted by Gasteiger charge is -2.13. The van der Waals surface area contributed by atoms with Crippen LogP contribution in [0.15, 0.2) is 29.4 Å². The molecule has 0 radical (unpaired) electrons. The van der Waals surface area contributed by atoms with Crippen molar-refractivity contribution >= 4 is 23.5 Å². The van der Waals surface area contributed by atoms with Crippen molar-refractivity contribution in [2.75, 3.05) is 11.1 Å². The fourth-order valence-corrected chi connectivity index (χ4v) is 4.98. The molecule has 0 unspecified atom stereocenters. The van der Waals surface area contributed by atoms with Gasteiger partial charge in [-0.1, -0.05) is 37.4 Å². The molecule has 1 amide bonds. The van der Waals surface area contributed by atoms with Gasteiger partial charge in [-0.2, -0.15) is 5.26 Å². The van der Waals surface area contributed by atoms with Crippen molar-refractivity contribution in [1.82, 2.24) is 19.7 Å². The number of aryl methyl sites for hydroxylation is 1. The topological polar surface area (TPSA) is 99.4 Å². The third-order valence-electron chi connectivity index (χ3n) is 6.28. The van der Waals surface area contributed by atoms with Crippen LogP contribution in [0.25, 0.3) is 5.69 Å². The highest BCUT2D eigenvalue weighted by Gasteiger charge is 2.21. The molecule has 1 saturated carbocycles. The first-order valence-electron chi connectivity index (χ1n) is 11.2. The zero-order valence-electron chi connectivity index (χ0n) is 18.8. The first kappa shape index (κ1) is 23.1. The van der Waals surface area contributed by atoms with Crippen molar-refractivity contribution in [3.63, 3.8) is 0 Å². The second kappa shape index (κ2) is 10.2. The molecule has 9 heteroatoms. The number of amides is 1.